The minimum Gasteiger partial charge on any atom is -0.384 e. The van der Waals surface area contributed by atoms with Gasteiger partial charge in [0.05, 0.1) is 6.61 Å². The molecular weight excluding hydrogens is 224 g/mol. The van der Waals surface area contributed by atoms with Crippen molar-refractivity contribution in [3.63, 3.8) is 0 Å². The third-order valence-electron chi connectivity index (χ3n) is 3.85. The van der Waals surface area contributed by atoms with Gasteiger partial charge in [-0.05, 0) is 31.7 Å². The Balaban J connectivity index is 2.44. The van der Waals surface area contributed by atoms with Crippen LogP contribution in [0.4, 0.5) is 0 Å². The second-order valence-electron chi connectivity index (χ2n) is 5.96. The summed E-state index contributed by atoms with van der Waals surface area (Å²) in [4.78, 5) is 2.69. The van der Waals surface area contributed by atoms with Gasteiger partial charge in [-0.1, -0.05) is 27.2 Å². The van der Waals surface area contributed by atoms with Gasteiger partial charge >= 0.3 is 0 Å². The van der Waals surface area contributed by atoms with Crippen molar-refractivity contribution < 1.29 is 4.74 Å². The van der Waals surface area contributed by atoms with Crippen molar-refractivity contribution in [2.45, 2.75) is 58.5 Å². The zero-order valence-electron chi connectivity index (χ0n) is 12.7. The highest BCUT2D eigenvalue weighted by Gasteiger charge is 2.25. The van der Waals surface area contributed by atoms with Crippen LogP contribution >= 0.6 is 0 Å². The van der Waals surface area contributed by atoms with Crippen LogP contribution in [0.15, 0.2) is 0 Å². The number of methoxy groups -OCH3 is 1. The van der Waals surface area contributed by atoms with E-state index in [1.165, 1.54) is 38.8 Å². The van der Waals surface area contributed by atoms with Crippen LogP contribution in [-0.2, 0) is 4.74 Å². The van der Waals surface area contributed by atoms with Crippen molar-refractivity contribution >= 4 is 0 Å². The van der Waals surface area contributed by atoms with Crippen LogP contribution in [0.2, 0.25) is 0 Å². The molecule has 0 radical (unpaired) electrons. The Morgan fingerprint density at radius 3 is 2.78 bits per heavy atom. The number of nitrogens with zero attached hydrogens (tertiary/aromatic N) is 1. The molecule has 0 saturated carbocycles. The topological polar surface area (TPSA) is 24.5 Å². The number of likely N-dealkylation sites (tertiary alicyclic amines) is 1. The molecule has 0 aliphatic carbocycles. The molecule has 108 valence electrons. The van der Waals surface area contributed by atoms with E-state index < -0.39 is 0 Å². The van der Waals surface area contributed by atoms with Crippen LogP contribution in [0.1, 0.15) is 46.5 Å². The molecule has 3 heteroatoms. The van der Waals surface area contributed by atoms with Crippen LogP contribution in [-0.4, -0.2) is 50.3 Å². The lowest BCUT2D eigenvalue weighted by molar-refractivity contribution is 0.0646. The molecule has 0 amide bonds. The number of rotatable bonds is 8. The van der Waals surface area contributed by atoms with Crippen LogP contribution in [0.5, 0.6) is 0 Å². The fourth-order valence-electron chi connectivity index (χ4n) is 2.92. The van der Waals surface area contributed by atoms with Gasteiger partial charge in [-0.15, -0.1) is 0 Å². The summed E-state index contributed by atoms with van der Waals surface area (Å²) in [6.07, 6.45) is 5.24. The van der Waals surface area contributed by atoms with Gasteiger partial charge in [0.25, 0.3) is 0 Å². The molecular formula is C15H32N2O. The molecule has 0 aromatic rings. The molecule has 3 nitrogen and oxygen atoms in total. The van der Waals surface area contributed by atoms with Gasteiger partial charge in [0.1, 0.15) is 0 Å². The molecule has 0 spiro atoms. The van der Waals surface area contributed by atoms with E-state index >= 15 is 0 Å². The van der Waals surface area contributed by atoms with Gasteiger partial charge in [0, 0.05) is 32.3 Å². The summed E-state index contributed by atoms with van der Waals surface area (Å²) in [6, 6.07) is 1.29. The third-order valence-corrected chi connectivity index (χ3v) is 3.85. The summed E-state index contributed by atoms with van der Waals surface area (Å²) >= 11 is 0. The van der Waals surface area contributed by atoms with Crippen molar-refractivity contribution in [3.8, 4) is 0 Å². The summed E-state index contributed by atoms with van der Waals surface area (Å²) in [5.74, 6) is 0.738. The van der Waals surface area contributed by atoms with E-state index in [2.05, 4.69) is 31.0 Å². The van der Waals surface area contributed by atoms with Crippen LogP contribution in [0, 0.1) is 5.92 Å². The molecule has 2 atom stereocenters. The Morgan fingerprint density at radius 2 is 2.17 bits per heavy atom. The molecule has 1 N–H and O–H groups in total. The lowest BCUT2D eigenvalue weighted by Gasteiger charge is -2.38. The highest BCUT2D eigenvalue weighted by Crippen LogP contribution is 2.20. The SMILES string of the molecule is CCCC(CNC(C)C)N1CCCC(COC)C1. The molecule has 1 heterocycles. The average Bonchev–Trinajstić information content (AvgIpc) is 2.35. The molecule has 1 aliphatic rings. The Morgan fingerprint density at radius 1 is 1.39 bits per heavy atom. The monoisotopic (exact) mass is 256 g/mol. The molecule has 1 saturated heterocycles. The largest absolute Gasteiger partial charge is 0.384 e. The summed E-state index contributed by atoms with van der Waals surface area (Å²) in [5.41, 5.74) is 0. The zero-order valence-corrected chi connectivity index (χ0v) is 12.7. The van der Waals surface area contributed by atoms with Crippen molar-refractivity contribution in [3.05, 3.63) is 0 Å². The van der Waals surface area contributed by atoms with Crippen molar-refractivity contribution in [2.24, 2.45) is 5.92 Å². The highest BCUT2D eigenvalue weighted by molar-refractivity contribution is 4.81. The van der Waals surface area contributed by atoms with Crippen LogP contribution < -0.4 is 5.32 Å². The molecule has 0 aromatic heterocycles. The minimum atomic E-state index is 0.587. The van der Waals surface area contributed by atoms with Crippen LogP contribution in [0.25, 0.3) is 0 Å². The standard InChI is InChI=1S/C15H32N2O/c1-5-7-15(10-16-13(2)3)17-9-6-8-14(11-17)12-18-4/h13-16H,5-12H2,1-4H3. The van der Waals surface area contributed by atoms with Crippen molar-refractivity contribution in [1.82, 2.24) is 10.2 Å². The molecule has 2 unspecified atom stereocenters. The first-order chi connectivity index (χ1) is 8.67. The fourth-order valence-corrected chi connectivity index (χ4v) is 2.92. The lowest BCUT2D eigenvalue weighted by Crippen LogP contribution is -2.48. The van der Waals surface area contributed by atoms with Gasteiger partial charge in [-0.2, -0.15) is 0 Å². The van der Waals surface area contributed by atoms with Gasteiger partial charge in [0.15, 0.2) is 0 Å². The van der Waals surface area contributed by atoms with Gasteiger partial charge in [-0.3, -0.25) is 4.90 Å². The van der Waals surface area contributed by atoms with Gasteiger partial charge in [0.2, 0.25) is 0 Å². The number of nitrogens with one attached hydrogen (secondary N) is 1. The zero-order chi connectivity index (χ0) is 13.4. The second-order valence-corrected chi connectivity index (χ2v) is 5.96. The van der Waals surface area contributed by atoms with E-state index in [9.17, 15) is 0 Å². The summed E-state index contributed by atoms with van der Waals surface area (Å²) in [5, 5.41) is 3.60. The highest BCUT2D eigenvalue weighted by atomic mass is 16.5. The number of hydrogen-bond acceptors (Lipinski definition) is 3. The van der Waals surface area contributed by atoms with E-state index in [0.29, 0.717) is 12.1 Å². The summed E-state index contributed by atoms with van der Waals surface area (Å²) in [6.45, 7) is 11.3. The quantitative estimate of drug-likeness (QED) is 0.722. The maximum absolute atomic E-state index is 5.33. The molecule has 0 bridgehead atoms. The molecule has 18 heavy (non-hydrogen) atoms. The fraction of sp³-hybridized carbons (Fsp3) is 1.00. The Kier molecular flexibility index (Phi) is 7.87. The third kappa shape index (κ3) is 5.68. The smallest absolute Gasteiger partial charge is 0.0502 e. The van der Waals surface area contributed by atoms with E-state index in [-0.39, 0.29) is 0 Å². The predicted octanol–water partition coefficient (Wildman–Crippen LogP) is 2.51. The number of ether oxygens (including phenoxy) is 1. The van der Waals surface area contributed by atoms with Crippen molar-refractivity contribution in [1.29, 1.82) is 0 Å². The Bertz CT molecular complexity index is 207. The summed E-state index contributed by atoms with van der Waals surface area (Å²) < 4.78 is 5.33. The predicted molar refractivity (Wildman–Crippen MR) is 78.0 cm³/mol. The lowest BCUT2D eigenvalue weighted by atomic mass is 9.96. The molecule has 0 aromatic carbocycles. The van der Waals surface area contributed by atoms with Crippen LogP contribution in [0.3, 0.4) is 0 Å². The summed E-state index contributed by atoms with van der Waals surface area (Å²) in [7, 11) is 1.82. The number of hydrogen-bond donors (Lipinski definition) is 1. The Labute approximate surface area is 113 Å². The Hall–Kier alpha value is -0.120. The van der Waals surface area contributed by atoms with E-state index in [1.807, 2.05) is 7.11 Å². The first-order valence-corrected chi connectivity index (χ1v) is 7.63. The van der Waals surface area contributed by atoms with Gasteiger partial charge in [-0.25, -0.2) is 0 Å². The van der Waals surface area contributed by atoms with Crippen molar-refractivity contribution in [2.75, 3.05) is 33.4 Å². The minimum absolute atomic E-state index is 0.587. The first kappa shape index (κ1) is 15.9. The van der Waals surface area contributed by atoms with Gasteiger partial charge < -0.3 is 10.1 Å². The van der Waals surface area contributed by atoms with E-state index in [0.717, 1.165) is 19.1 Å². The maximum Gasteiger partial charge on any atom is 0.0502 e. The normalized spacial score (nSPS) is 23.5. The number of piperidine rings is 1. The van der Waals surface area contributed by atoms with E-state index in [1.54, 1.807) is 0 Å². The second kappa shape index (κ2) is 8.89. The maximum atomic E-state index is 5.33. The molecule has 1 fully saturated rings. The molecule has 1 aliphatic heterocycles. The first-order valence-electron chi connectivity index (χ1n) is 7.63. The van der Waals surface area contributed by atoms with E-state index in [4.69, 9.17) is 4.74 Å². The average molecular weight is 256 g/mol. The molecule has 1 rings (SSSR count).